The van der Waals surface area contributed by atoms with Crippen molar-refractivity contribution >= 4 is 24.0 Å². The van der Waals surface area contributed by atoms with Crippen molar-refractivity contribution in [2.45, 2.75) is 18.0 Å². The summed E-state index contributed by atoms with van der Waals surface area (Å²) in [5, 5.41) is 0.851. The van der Waals surface area contributed by atoms with Gasteiger partial charge in [0.25, 0.3) is 0 Å². The van der Waals surface area contributed by atoms with Gasteiger partial charge in [-0.1, -0.05) is 0 Å². The second-order valence-corrected chi connectivity index (χ2v) is 8.10. The quantitative estimate of drug-likeness (QED) is 0.384. The summed E-state index contributed by atoms with van der Waals surface area (Å²) in [7, 11) is 6.56. The van der Waals surface area contributed by atoms with Gasteiger partial charge in [0.2, 0.25) is 0 Å². The van der Waals surface area contributed by atoms with Crippen molar-refractivity contribution in [1.82, 2.24) is 4.98 Å². The van der Waals surface area contributed by atoms with E-state index in [0.717, 1.165) is 38.2 Å². The molecule has 0 amide bonds. The van der Waals surface area contributed by atoms with Crippen molar-refractivity contribution in [3.63, 3.8) is 0 Å². The zero-order valence-corrected chi connectivity index (χ0v) is 18.6. The first-order chi connectivity index (χ1) is 14.1. The third-order valence-corrected chi connectivity index (χ3v) is 6.10. The molecule has 5 nitrogen and oxygen atoms in total. The molecule has 0 spiro atoms. The second-order valence-electron chi connectivity index (χ2n) is 6.35. The number of hydrogen-bond donors (Lipinski definition) is 1. The lowest BCUT2D eigenvalue weighted by atomic mass is 10.1. The monoisotopic (exact) mass is 431 g/mol. The summed E-state index contributed by atoms with van der Waals surface area (Å²) in [6.07, 6.45) is 0.246. The molecule has 0 aliphatic heterocycles. The van der Waals surface area contributed by atoms with Crippen LogP contribution >= 0.6 is 24.0 Å². The largest absolute Gasteiger partial charge is 0.497 e. The molecule has 3 aromatic rings. The van der Waals surface area contributed by atoms with Gasteiger partial charge in [0.15, 0.2) is 6.29 Å². The summed E-state index contributed by atoms with van der Waals surface area (Å²) in [6.45, 7) is 0. The van der Waals surface area contributed by atoms with Gasteiger partial charge in [-0.25, -0.2) is 4.98 Å². The van der Waals surface area contributed by atoms with E-state index < -0.39 is 6.29 Å². The number of nitrogens with zero attached hydrogens (tertiary/aromatic N) is 1. The molecular weight excluding hydrogens is 406 g/mol. The van der Waals surface area contributed by atoms with Gasteiger partial charge in [0, 0.05) is 26.2 Å². The van der Waals surface area contributed by atoms with E-state index >= 15 is 0 Å². The third kappa shape index (κ3) is 5.11. The fraction of sp³-hybridized carbons (Fsp3) is 0.318. The Morgan fingerprint density at radius 3 is 1.83 bits per heavy atom. The third-order valence-electron chi connectivity index (χ3n) is 4.55. The number of methoxy groups -OCH3 is 4. The number of hydrogen-bond acceptors (Lipinski definition) is 7. The van der Waals surface area contributed by atoms with Crippen molar-refractivity contribution in [1.29, 1.82) is 0 Å². The maximum atomic E-state index is 5.34. The number of ether oxygens (including phenoxy) is 4. The SMILES string of the molecule is COc1ccc(-c2nc(CC(S)C(OC)OC)sc2-c2ccc(OC)cc2)cc1. The summed E-state index contributed by atoms with van der Waals surface area (Å²) in [4.78, 5) is 6.03. The summed E-state index contributed by atoms with van der Waals surface area (Å²) in [5.74, 6) is 1.64. The van der Waals surface area contributed by atoms with Gasteiger partial charge >= 0.3 is 0 Å². The van der Waals surface area contributed by atoms with Crippen LogP contribution in [0.1, 0.15) is 5.01 Å². The molecule has 0 radical (unpaired) electrons. The van der Waals surface area contributed by atoms with Crippen LogP contribution in [0.5, 0.6) is 11.5 Å². The molecular formula is C22H25NO4S2. The van der Waals surface area contributed by atoms with E-state index in [9.17, 15) is 0 Å². The normalized spacial score (nSPS) is 12.2. The number of thiazole rings is 1. The van der Waals surface area contributed by atoms with Crippen molar-refractivity contribution in [3.8, 4) is 33.2 Å². The van der Waals surface area contributed by atoms with Gasteiger partial charge < -0.3 is 18.9 Å². The highest BCUT2D eigenvalue weighted by molar-refractivity contribution is 7.81. The van der Waals surface area contributed by atoms with Crippen LogP contribution in [0.25, 0.3) is 21.7 Å². The van der Waals surface area contributed by atoms with Crippen LogP contribution in [0.15, 0.2) is 48.5 Å². The molecule has 0 bridgehead atoms. The Labute approximate surface area is 181 Å². The molecule has 29 heavy (non-hydrogen) atoms. The maximum Gasteiger partial charge on any atom is 0.168 e. The van der Waals surface area contributed by atoms with Gasteiger partial charge in [-0.2, -0.15) is 12.6 Å². The lowest BCUT2D eigenvalue weighted by Gasteiger charge is -2.19. The number of rotatable bonds is 9. The van der Waals surface area contributed by atoms with Crippen LogP contribution in [0.2, 0.25) is 0 Å². The zero-order valence-electron chi connectivity index (χ0n) is 16.9. The van der Waals surface area contributed by atoms with E-state index in [4.69, 9.17) is 23.9 Å². The Hall–Kier alpha value is -2.06. The first-order valence-corrected chi connectivity index (χ1v) is 10.4. The predicted molar refractivity (Wildman–Crippen MR) is 120 cm³/mol. The molecule has 0 N–H and O–H groups in total. The highest BCUT2D eigenvalue weighted by Gasteiger charge is 2.22. The smallest absolute Gasteiger partial charge is 0.168 e. The Morgan fingerprint density at radius 2 is 1.34 bits per heavy atom. The summed E-state index contributed by atoms with van der Waals surface area (Å²) < 4.78 is 21.3. The van der Waals surface area contributed by atoms with E-state index in [1.54, 1.807) is 39.8 Å². The molecule has 0 aliphatic rings. The molecule has 0 saturated carbocycles. The summed E-state index contributed by atoms with van der Waals surface area (Å²) in [6, 6.07) is 16.0. The van der Waals surface area contributed by atoms with E-state index in [2.05, 4.69) is 24.8 Å². The fourth-order valence-electron chi connectivity index (χ4n) is 3.02. The predicted octanol–water partition coefficient (Wildman–Crippen LogP) is 4.95. The average Bonchev–Trinajstić information content (AvgIpc) is 3.18. The van der Waals surface area contributed by atoms with Crippen molar-refractivity contribution in [2.75, 3.05) is 28.4 Å². The standard InChI is InChI=1S/C22H25NO4S2/c1-24-16-9-5-14(6-10-16)20-21(15-7-11-17(25-2)12-8-15)29-19(23-20)13-18(28)22(26-3)27-4/h5-12,18,22,28H,13H2,1-4H3. The van der Waals surface area contributed by atoms with E-state index in [1.807, 2.05) is 36.4 Å². The molecule has 0 aliphatic carbocycles. The van der Waals surface area contributed by atoms with Crippen LogP contribution in [-0.2, 0) is 15.9 Å². The van der Waals surface area contributed by atoms with Crippen LogP contribution in [0.3, 0.4) is 0 Å². The topological polar surface area (TPSA) is 49.8 Å². The summed E-state index contributed by atoms with van der Waals surface area (Å²) >= 11 is 6.30. The average molecular weight is 432 g/mol. The second kappa shape index (κ2) is 10.1. The molecule has 1 heterocycles. The van der Waals surface area contributed by atoms with Crippen molar-refractivity contribution in [2.24, 2.45) is 0 Å². The van der Waals surface area contributed by atoms with E-state index in [-0.39, 0.29) is 5.25 Å². The minimum absolute atomic E-state index is 0.122. The highest BCUT2D eigenvalue weighted by atomic mass is 32.1. The van der Waals surface area contributed by atoms with E-state index in [0.29, 0.717) is 6.42 Å². The Morgan fingerprint density at radius 1 is 0.828 bits per heavy atom. The van der Waals surface area contributed by atoms with Crippen LogP contribution < -0.4 is 9.47 Å². The van der Waals surface area contributed by atoms with Crippen LogP contribution in [-0.4, -0.2) is 45.0 Å². The number of thiol groups is 1. The molecule has 1 unspecified atom stereocenters. The van der Waals surface area contributed by atoms with Crippen LogP contribution in [0, 0.1) is 0 Å². The highest BCUT2D eigenvalue weighted by Crippen LogP contribution is 2.38. The van der Waals surface area contributed by atoms with Gasteiger partial charge in [0.1, 0.15) is 11.5 Å². The maximum absolute atomic E-state index is 5.34. The molecule has 0 saturated heterocycles. The van der Waals surface area contributed by atoms with E-state index in [1.165, 1.54) is 0 Å². The summed E-state index contributed by atoms with van der Waals surface area (Å²) in [5.41, 5.74) is 3.06. The molecule has 0 fully saturated rings. The first kappa shape index (κ1) is 21.6. The number of benzene rings is 2. The molecule has 1 atom stereocenters. The van der Waals surface area contributed by atoms with Gasteiger partial charge in [-0.15, -0.1) is 11.3 Å². The Balaban J connectivity index is 2.00. The lowest BCUT2D eigenvalue weighted by Crippen LogP contribution is -2.27. The Kier molecular flexibility index (Phi) is 7.55. The Bertz CT molecular complexity index is 841. The van der Waals surface area contributed by atoms with Crippen molar-refractivity contribution < 1.29 is 18.9 Å². The van der Waals surface area contributed by atoms with Crippen molar-refractivity contribution in [3.05, 3.63) is 53.5 Å². The fourth-order valence-corrected chi connectivity index (χ4v) is 4.71. The molecule has 3 rings (SSSR count). The molecule has 7 heteroatoms. The van der Waals surface area contributed by atoms with Crippen LogP contribution in [0.4, 0.5) is 0 Å². The number of aromatic nitrogens is 1. The zero-order chi connectivity index (χ0) is 20.8. The molecule has 1 aromatic heterocycles. The molecule has 2 aromatic carbocycles. The van der Waals surface area contributed by atoms with Gasteiger partial charge in [-0.05, 0) is 54.1 Å². The minimum atomic E-state index is -0.392. The van der Waals surface area contributed by atoms with Gasteiger partial charge in [0.05, 0.1) is 35.0 Å². The lowest BCUT2D eigenvalue weighted by molar-refractivity contribution is -0.101. The van der Waals surface area contributed by atoms with Gasteiger partial charge in [-0.3, -0.25) is 0 Å². The first-order valence-electron chi connectivity index (χ1n) is 9.11. The molecule has 154 valence electrons. The minimum Gasteiger partial charge on any atom is -0.497 e.